The maximum atomic E-state index is 11.2. The molecular weight excluding hydrogens is 360 g/mol. The van der Waals surface area contributed by atoms with Crippen molar-refractivity contribution in [3.63, 3.8) is 0 Å². The summed E-state index contributed by atoms with van der Waals surface area (Å²) in [6.45, 7) is 4.90. The van der Waals surface area contributed by atoms with Gasteiger partial charge in [0.25, 0.3) is 0 Å². The molecule has 0 aliphatic heterocycles. The lowest BCUT2D eigenvalue weighted by molar-refractivity contribution is -0.109. The first-order valence-electron chi connectivity index (χ1n) is 8.78. The van der Waals surface area contributed by atoms with Crippen LogP contribution >= 0.6 is 35.3 Å². The molecule has 6 heteroatoms. The summed E-state index contributed by atoms with van der Waals surface area (Å²) in [4.78, 5) is 33.4. The quantitative estimate of drug-likeness (QED) is 0.550. The van der Waals surface area contributed by atoms with Crippen molar-refractivity contribution in [3.05, 3.63) is 0 Å². The summed E-state index contributed by atoms with van der Waals surface area (Å²) in [6, 6.07) is 0. The summed E-state index contributed by atoms with van der Waals surface area (Å²) < 4.78 is 0. The third-order valence-electron chi connectivity index (χ3n) is 4.67. The molecule has 0 N–H and O–H groups in total. The van der Waals surface area contributed by atoms with Crippen LogP contribution in [0, 0.1) is 17.8 Å². The predicted molar refractivity (Wildman–Crippen MR) is 108 cm³/mol. The molecule has 0 aromatic rings. The molecule has 0 bridgehead atoms. The number of hydrogen-bond acceptors (Lipinski definition) is 6. The molecule has 0 aromatic heterocycles. The molecule has 0 heterocycles. The molecule has 0 aromatic carbocycles. The van der Waals surface area contributed by atoms with E-state index in [0.717, 1.165) is 36.5 Å². The van der Waals surface area contributed by atoms with Crippen molar-refractivity contribution in [3.8, 4) is 0 Å². The van der Waals surface area contributed by atoms with Gasteiger partial charge in [-0.05, 0) is 49.9 Å². The highest BCUT2D eigenvalue weighted by Gasteiger charge is 2.30. The van der Waals surface area contributed by atoms with Crippen LogP contribution in [0.4, 0.5) is 0 Å². The molecule has 1 unspecified atom stereocenters. The zero-order valence-electron chi connectivity index (χ0n) is 15.0. The van der Waals surface area contributed by atoms with Crippen LogP contribution in [0.2, 0.25) is 0 Å². The summed E-state index contributed by atoms with van der Waals surface area (Å²) in [5.41, 5.74) is 0. The molecule has 0 amide bonds. The Balaban J connectivity index is 2.46. The zero-order chi connectivity index (χ0) is 17.9. The van der Waals surface area contributed by atoms with E-state index in [0.29, 0.717) is 17.8 Å². The second kappa shape index (κ2) is 12.4. The number of hydrogen-bond donors (Lipinski definition) is 0. The van der Waals surface area contributed by atoms with Crippen molar-refractivity contribution >= 4 is 50.6 Å². The second-order valence-electron chi connectivity index (χ2n) is 6.59. The lowest BCUT2D eigenvalue weighted by Gasteiger charge is -2.36. The molecule has 1 rings (SSSR count). The van der Waals surface area contributed by atoms with Gasteiger partial charge < -0.3 is 0 Å². The normalized spacial score (nSPS) is 23.9. The Morgan fingerprint density at radius 3 is 1.67 bits per heavy atom. The first-order valence-corrected chi connectivity index (χ1v) is 11.7. The maximum absolute atomic E-state index is 11.2. The van der Waals surface area contributed by atoms with Crippen LogP contribution in [0.5, 0.6) is 0 Å². The monoisotopic (exact) mass is 390 g/mol. The molecule has 3 nitrogen and oxygen atoms in total. The van der Waals surface area contributed by atoms with Crippen molar-refractivity contribution in [2.75, 3.05) is 17.3 Å². The van der Waals surface area contributed by atoms with Crippen molar-refractivity contribution in [1.82, 2.24) is 0 Å². The predicted octanol–water partition coefficient (Wildman–Crippen LogP) is 5.03. The van der Waals surface area contributed by atoms with Gasteiger partial charge in [-0.15, -0.1) is 0 Å². The van der Waals surface area contributed by atoms with Crippen LogP contribution in [0.3, 0.4) is 0 Å². The summed E-state index contributed by atoms with van der Waals surface area (Å²) in [5.74, 6) is 4.80. The van der Waals surface area contributed by atoms with Gasteiger partial charge in [0.2, 0.25) is 0 Å². The molecule has 138 valence electrons. The zero-order valence-corrected chi connectivity index (χ0v) is 17.5. The first-order chi connectivity index (χ1) is 11.4. The Labute approximate surface area is 159 Å². The average Bonchev–Trinajstić information content (AvgIpc) is 2.48. The highest BCUT2D eigenvalue weighted by molar-refractivity contribution is 8.14. The minimum absolute atomic E-state index is 0.198. The molecule has 0 saturated heterocycles. The van der Waals surface area contributed by atoms with E-state index in [1.807, 2.05) is 0 Å². The van der Waals surface area contributed by atoms with Gasteiger partial charge in [0.15, 0.2) is 15.3 Å². The van der Waals surface area contributed by atoms with Gasteiger partial charge in [-0.1, -0.05) is 41.7 Å². The van der Waals surface area contributed by atoms with E-state index < -0.39 is 0 Å². The molecule has 0 radical (unpaired) electrons. The summed E-state index contributed by atoms with van der Waals surface area (Å²) in [5, 5.41) is 0.608. The molecule has 3 atom stereocenters. The van der Waals surface area contributed by atoms with Crippen LogP contribution in [0.15, 0.2) is 0 Å². The van der Waals surface area contributed by atoms with Gasteiger partial charge in [-0.25, -0.2) is 0 Å². The third kappa shape index (κ3) is 10.1. The van der Waals surface area contributed by atoms with E-state index in [9.17, 15) is 14.4 Å². The Morgan fingerprint density at radius 1 is 0.708 bits per heavy atom. The van der Waals surface area contributed by atoms with Crippen molar-refractivity contribution in [2.45, 2.75) is 59.3 Å². The highest BCUT2D eigenvalue weighted by atomic mass is 32.2. The third-order valence-corrected chi connectivity index (χ3v) is 7.21. The fourth-order valence-corrected chi connectivity index (χ4v) is 5.65. The summed E-state index contributed by atoms with van der Waals surface area (Å²) >= 11 is 4.30. The Morgan fingerprint density at radius 2 is 1.17 bits per heavy atom. The van der Waals surface area contributed by atoms with E-state index in [1.165, 1.54) is 54.5 Å². The van der Waals surface area contributed by atoms with E-state index in [1.54, 1.807) is 20.8 Å². The molecule has 1 aliphatic carbocycles. The van der Waals surface area contributed by atoms with Crippen molar-refractivity contribution in [2.24, 2.45) is 17.8 Å². The summed E-state index contributed by atoms with van der Waals surface area (Å²) in [7, 11) is 0. The van der Waals surface area contributed by atoms with Crippen LogP contribution < -0.4 is 0 Å². The minimum atomic E-state index is 0.198. The van der Waals surface area contributed by atoms with Crippen LogP contribution in [-0.4, -0.2) is 32.6 Å². The van der Waals surface area contributed by atoms with E-state index in [-0.39, 0.29) is 15.3 Å². The first kappa shape index (κ1) is 22.1. The SMILES string of the molecule is CC(=O)SCCC1CC[C@@H](CCSC(C)=O)[C@@H](CCSC(C)=O)C1. The lowest BCUT2D eigenvalue weighted by atomic mass is 9.71. The van der Waals surface area contributed by atoms with Gasteiger partial charge in [-0.3, -0.25) is 14.4 Å². The molecular formula is C18H30O3S3. The fourth-order valence-electron chi connectivity index (χ4n) is 3.50. The second-order valence-corrected chi connectivity index (χ2v) is 10.4. The molecule has 0 spiro atoms. The fraction of sp³-hybridized carbons (Fsp3) is 0.833. The average molecular weight is 391 g/mol. The van der Waals surface area contributed by atoms with Crippen LogP contribution in [-0.2, 0) is 14.4 Å². The topological polar surface area (TPSA) is 51.2 Å². The van der Waals surface area contributed by atoms with Crippen LogP contribution in [0.25, 0.3) is 0 Å². The summed E-state index contributed by atoms with van der Waals surface area (Å²) in [6.07, 6.45) is 7.00. The number of thioether (sulfide) groups is 3. The smallest absolute Gasteiger partial charge is 0.185 e. The lowest BCUT2D eigenvalue weighted by Crippen LogP contribution is -2.26. The Kier molecular flexibility index (Phi) is 11.4. The number of carbonyl (C=O) groups excluding carboxylic acids is 3. The standard InChI is InChI=1S/C18H30O3S3/c1-13(19)22-9-6-16-4-5-17(7-10-23-14(2)20)18(12-16)8-11-24-15(3)21/h16-18H,4-12H2,1-3H3/t16?,17-,18-/m0/s1. The molecule has 1 aliphatic rings. The van der Waals surface area contributed by atoms with Crippen LogP contribution in [0.1, 0.15) is 59.3 Å². The van der Waals surface area contributed by atoms with E-state index in [4.69, 9.17) is 0 Å². The van der Waals surface area contributed by atoms with Gasteiger partial charge in [-0.2, -0.15) is 0 Å². The minimum Gasteiger partial charge on any atom is -0.288 e. The number of rotatable bonds is 9. The Bertz CT molecular complexity index is 426. The van der Waals surface area contributed by atoms with Gasteiger partial charge >= 0.3 is 0 Å². The molecule has 1 fully saturated rings. The van der Waals surface area contributed by atoms with Gasteiger partial charge in [0.1, 0.15) is 0 Å². The van der Waals surface area contributed by atoms with E-state index in [2.05, 4.69) is 0 Å². The number of carbonyl (C=O) groups is 3. The molecule has 24 heavy (non-hydrogen) atoms. The largest absolute Gasteiger partial charge is 0.288 e. The van der Waals surface area contributed by atoms with Crippen molar-refractivity contribution in [1.29, 1.82) is 0 Å². The van der Waals surface area contributed by atoms with Gasteiger partial charge in [0.05, 0.1) is 0 Å². The maximum Gasteiger partial charge on any atom is 0.185 e. The highest BCUT2D eigenvalue weighted by Crippen LogP contribution is 2.40. The van der Waals surface area contributed by atoms with Gasteiger partial charge in [0, 0.05) is 38.0 Å². The van der Waals surface area contributed by atoms with E-state index >= 15 is 0 Å². The Hall–Kier alpha value is 0.0600. The molecule has 1 saturated carbocycles. The van der Waals surface area contributed by atoms with Crippen molar-refractivity contribution < 1.29 is 14.4 Å².